The molecular formula is C9H11Cl3. The molecule has 1 aromatic carbocycles. The molecule has 0 aromatic heterocycles. The Hall–Kier alpha value is 0.0900. The maximum Gasteiger partial charge on any atom is 0.0606 e. The zero-order valence-electron chi connectivity index (χ0n) is 6.59. The summed E-state index contributed by atoms with van der Waals surface area (Å²) in [4.78, 5) is 0. The van der Waals surface area contributed by atoms with E-state index in [1.807, 2.05) is 36.4 Å². The summed E-state index contributed by atoms with van der Waals surface area (Å²) in [6.45, 7) is 0. The van der Waals surface area contributed by atoms with E-state index in [4.69, 9.17) is 34.8 Å². The van der Waals surface area contributed by atoms with Gasteiger partial charge >= 0.3 is 0 Å². The number of rotatable bonds is 2. The Bertz CT molecular complexity index is 134. The summed E-state index contributed by atoms with van der Waals surface area (Å²) < 4.78 is 0. The standard InChI is InChI=1S/C6H6.C3H5Cl3/c1-2-4-6-5-3-1;4-1-3(6)2-5/h1-6H;3H,1-2H2. The van der Waals surface area contributed by atoms with Crippen molar-refractivity contribution in [1.29, 1.82) is 0 Å². The molecule has 1 aromatic rings. The second kappa shape index (κ2) is 9.18. The van der Waals surface area contributed by atoms with Gasteiger partial charge in [0.1, 0.15) is 0 Å². The smallest absolute Gasteiger partial charge is 0.0606 e. The van der Waals surface area contributed by atoms with Gasteiger partial charge in [0, 0.05) is 11.8 Å². The zero-order chi connectivity index (χ0) is 9.23. The molecule has 0 aliphatic carbocycles. The van der Waals surface area contributed by atoms with Crippen LogP contribution in [0.1, 0.15) is 0 Å². The molecule has 0 aliphatic rings. The van der Waals surface area contributed by atoms with Crippen molar-refractivity contribution in [2.75, 3.05) is 11.8 Å². The minimum atomic E-state index is -0.0617. The quantitative estimate of drug-likeness (QED) is 0.673. The molecule has 0 saturated heterocycles. The Morgan fingerprint density at radius 1 is 0.750 bits per heavy atom. The molecule has 0 fully saturated rings. The van der Waals surface area contributed by atoms with Crippen molar-refractivity contribution in [1.82, 2.24) is 0 Å². The van der Waals surface area contributed by atoms with Gasteiger partial charge in [-0.25, -0.2) is 0 Å². The predicted octanol–water partition coefficient (Wildman–Crippen LogP) is 3.76. The summed E-state index contributed by atoms with van der Waals surface area (Å²) in [6, 6.07) is 12.0. The molecule has 0 amide bonds. The first kappa shape index (κ1) is 12.1. The Morgan fingerprint density at radius 3 is 1.08 bits per heavy atom. The number of hydrogen-bond acceptors (Lipinski definition) is 0. The third-order valence-electron chi connectivity index (χ3n) is 1.00. The van der Waals surface area contributed by atoms with Gasteiger partial charge in [0.15, 0.2) is 0 Å². The number of hydrogen-bond donors (Lipinski definition) is 0. The molecule has 68 valence electrons. The van der Waals surface area contributed by atoms with Crippen molar-refractivity contribution >= 4 is 34.8 Å². The Labute approximate surface area is 88.4 Å². The van der Waals surface area contributed by atoms with Crippen LogP contribution in [-0.2, 0) is 0 Å². The first-order valence-corrected chi connectivity index (χ1v) is 5.07. The van der Waals surface area contributed by atoms with Gasteiger partial charge in [0.25, 0.3) is 0 Å². The maximum atomic E-state index is 5.39. The molecule has 0 N–H and O–H groups in total. The highest BCUT2D eigenvalue weighted by Crippen LogP contribution is 1.99. The highest BCUT2D eigenvalue weighted by molar-refractivity contribution is 6.32. The Morgan fingerprint density at radius 2 is 1.00 bits per heavy atom. The van der Waals surface area contributed by atoms with Crippen LogP contribution in [0.4, 0.5) is 0 Å². The molecule has 0 bridgehead atoms. The van der Waals surface area contributed by atoms with Gasteiger partial charge < -0.3 is 0 Å². The Balaban J connectivity index is 0.000000202. The van der Waals surface area contributed by atoms with E-state index in [0.29, 0.717) is 11.8 Å². The van der Waals surface area contributed by atoms with E-state index in [2.05, 4.69) is 0 Å². The average molecular weight is 226 g/mol. The molecule has 0 aliphatic heterocycles. The van der Waals surface area contributed by atoms with Crippen molar-refractivity contribution < 1.29 is 0 Å². The van der Waals surface area contributed by atoms with E-state index in [0.717, 1.165) is 0 Å². The first-order chi connectivity index (χ1) is 5.81. The lowest BCUT2D eigenvalue weighted by Crippen LogP contribution is -1.99. The van der Waals surface area contributed by atoms with Crippen LogP contribution in [0.2, 0.25) is 0 Å². The van der Waals surface area contributed by atoms with Crippen LogP contribution < -0.4 is 0 Å². The molecule has 0 saturated carbocycles. The molecule has 0 heterocycles. The average Bonchev–Trinajstić information content (AvgIpc) is 2.20. The summed E-state index contributed by atoms with van der Waals surface area (Å²) in [5, 5.41) is -0.0617. The van der Waals surface area contributed by atoms with Crippen molar-refractivity contribution in [3.63, 3.8) is 0 Å². The third kappa shape index (κ3) is 8.19. The van der Waals surface area contributed by atoms with Crippen LogP contribution in [0.15, 0.2) is 36.4 Å². The highest BCUT2D eigenvalue weighted by atomic mass is 35.5. The van der Waals surface area contributed by atoms with E-state index in [-0.39, 0.29) is 5.38 Å². The third-order valence-corrected chi connectivity index (χ3v) is 2.37. The van der Waals surface area contributed by atoms with Crippen LogP contribution >= 0.6 is 34.8 Å². The SMILES string of the molecule is ClCC(Cl)CCl.c1ccccc1. The molecule has 0 nitrogen and oxygen atoms in total. The topological polar surface area (TPSA) is 0 Å². The minimum Gasteiger partial charge on any atom is -0.125 e. The van der Waals surface area contributed by atoms with E-state index in [1.54, 1.807) is 0 Å². The van der Waals surface area contributed by atoms with Gasteiger partial charge in [-0.15, -0.1) is 34.8 Å². The van der Waals surface area contributed by atoms with Crippen molar-refractivity contribution in [3.05, 3.63) is 36.4 Å². The lowest BCUT2D eigenvalue weighted by Gasteiger charge is -1.92. The summed E-state index contributed by atoms with van der Waals surface area (Å²) in [6.07, 6.45) is 0. The fourth-order valence-electron chi connectivity index (χ4n) is 0.426. The molecule has 3 heteroatoms. The van der Waals surface area contributed by atoms with Crippen LogP contribution in [0.3, 0.4) is 0 Å². The summed E-state index contributed by atoms with van der Waals surface area (Å²) in [5.41, 5.74) is 0. The largest absolute Gasteiger partial charge is 0.125 e. The van der Waals surface area contributed by atoms with Gasteiger partial charge in [-0.1, -0.05) is 36.4 Å². The number of alkyl halides is 3. The lowest BCUT2D eigenvalue weighted by atomic mass is 10.4. The fourth-order valence-corrected chi connectivity index (χ4v) is 0.756. The van der Waals surface area contributed by atoms with Crippen molar-refractivity contribution in [2.45, 2.75) is 5.38 Å². The van der Waals surface area contributed by atoms with Gasteiger partial charge in [0.05, 0.1) is 5.38 Å². The van der Waals surface area contributed by atoms with Crippen molar-refractivity contribution in [2.24, 2.45) is 0 Å². The van der Waals surface area contributed by atoms with Crippen LogP contribution in [0, 0.1) is 0 Å². The Kier molecular flexibility index (Phi) is 9.25. The molecule has 1 rings (SSSR count). The van der Waals surface area contributed by atoms with E-state index >= 15 is 0 Å². The van der Waals surface area contributed by atoms with E-state index in [1.165, 1.54) is 0 Å². The van der Waals surface area contributed by atoms with Gasteiger partial charge in [0.2, 0.25) is 0 Å². The second-order valence-electron chi connectivity index (χ2n) is 2.06. The molecule has 0 radical (unpaired) electrons. The van der Waals surface area contributed by atoms with Crippen LogP contribution in [0.25, 0.3) is 0 Å². The fraction of sp³-hybridized carbons (Fsp3) is 0.333. The van der Waals surface area contributed by atoms with Crippen molar-refractivity contribution in [3.8, 4) is 0 Å². The monoisotopic (exact) mass is 224 g/mol. The lowest BCUT2D eigenvalue weighted by molar-refractivity contribution is 1.12. The second-order valence-corrected chi connectivity index (χ2v) is 3.30. The van der Waals surface area contributed by atoms with Crippen LogP contribution in [-0.4, -0.2) is 17.1 Å². The van der Waals surface area contributed by atoms with E-state index in [9.17, 15) is 0 Å². The summed E-state index contributed by atoms with van der Waals surface area (Å²) >= 11 is 15.9. The maximum absolute atomic E-state index is 5.39. The molecule has 0 unspecified atom stereocenters. The zero-order valence-corrected chi connectivity index (χ0v) is 8.86. The van der Waals surface area contributed by atoms with Gasteiger partial charge in [-0.2, -0.15) is 0 Å². The van der Waals surface area contributed by atoms with Gasteiger partial charge in [-0.05, 0) is 0 Å². The normalized spacial score (nSPS) is 9.00. The number of halogens is 3. The van der Waals surface area contributed by atoms with E-state index < -0.39 is 0 Å². The molecule has 0 spiro atoms. The molecule has 0 atom stereocenters. The minimum absolute atomic E-state index is 0.0617. The predicted molar refractivity (Wildman–Crippen MR) is 57.5 cm³/mol. The molecule has 12 heavy (non-hydrogen) atoms. The summed E-state index contributed by atoms with van der Waals surface area (Å²) in [5.74, 6) is 0.871. The number of benzene rings is 1. The summed E-state index contributed by atoms with van der Waals surface area (Å²) in [7, 11) is 0. The van der Waals surface area contributed by atoms with Gasteiger partial charge in [-0.3, -0.25) is 0 Å². The molecular weight excluding hydrogens is 214 g/mol. The van der Waals surface area contributed by atoms with Crippen LogP contribution in [0.5, 0.6) is 0 Å². The highest BCUT2D eigenvalue weighted by Gasteiger charge is 1.95. The first-order valence-electron chi connectivity index (χ1n) is 3.57.